The highest BCUT2D eigenvalue weighted by Crippen LogP contribution is 2.58. The predicted molar refractivity (Wildman–Crippen MR) is 355 cm³/mol. The van der Waals surface area contributed by atoms with Crippen molar-refractivity contribution >= 4 is 97.0 Å². The topological polar surface area (TPSA) is 0 Å². The van der Waals surface area contributed by atoms with Crippen molar-refractivity contribution in [2.75, 3.05) is 0 Å². The zero-order chi connectivity index (χ0) is 56.7. The van der Waals surface area contributed by atoms with Crippen LogP contribution in [-0.2, 0) is 32.5 Å². The summed E-state index contributed by atoms with van der Waals surface area (Å²) in [6.07, 6.45) is 0. The molecule has 0 saturated heterocycles. The molecule has 0 spiro atoms. The van der Waals surface area contributed by atoms with Crippen molar-refractivity contribution in [2.45, 2.75) is 157 Å². The van der Waals surface area contributed by atoms with Gasteiger partial charge in [0.05, 0.1) is 0 Å². The van der Waals surface area contributed by atoms with E-state index in [1.54, 1.807) is 0 Å². The lowest BCUT2D eigenvalue weighted by molar-refractivity contribution is 0.568. The lowest BCUT2D eigenvalue weighted by atomic mass is 9.76. The van der Waals surface area contributed by atoms with E-state index in [4.69, 9.17) is 0 Å². The summed E-state index contributed by atoms with van der Waals surface area (Å²) in [7, 11) is 0. The van der Waals surface area contributed by atoms with Crippen molar-refractivity contribution < 1.29 is 0 Å². The molecule has 0 aliphatic rings. The van der Waals surface area contributed by atoms with Gasteiger partial charge >= 0.3 is 0 Å². The molecule has 0 N–H and O–H groups in total. The van der Waals surface area contributed by atoms with Gasteiger partial charge < -0.3 is 0 Å². The molecule has 0 amide bonds. The molecule has 0 atom stereocenters. The monoisotopic (exact) mass is 1040 g/mol. The van der Waals surface area contributed by atoms with Gasteiger partial charge in [-0.25, -0.2) is 0 Å². The second-order valence-electron chi connectivity index (χ2n) is 30.2. The van der Waals surface area contributed by atoms with Gasteiger partial charge in [-0.2, -0.15) is 0 Å². The zero-order valence-corrected chi connectivity index (χ0v) is 51.0. The fraction of sp³-hybridized carbons (Fsp3) is 0.300. The summed E-state index contributed by atoms with van der Waals surface area (Å²) in [6.45, 7) is 42.8. The molecule has 13 rings (SSSR count). The van der Waals surface area contributed by atoms with E-state index >= 15 is 0 Å². The summed E-state index contributed by atoms with van der Waals surface area (Å²) in [4.78, 5) is 0. The molecule has 400 valence electrons. The molecule has 80 heavy (non-hydrogen) atoms. The van der Waals surface area contributed by atoms with Crippen LogP contribution < -0.4 is 0 Å². The van der Waals surface area contributed by atoms with Gasteiger partial charge in [0.1, 0.15) is 0 Å². The van der Waals surface area contributed by atoms with Crippen LogP contribution in [-0.4, -0.2) is 0 Å². The Hall–Kier alpha value is -7.28. The lowest BCUT2D eigenvalue weighted by Gasteiger charge is -2.28. The van der Waals surface area contributed by atoms with Crippen LogP contribution in [0, 0.1) is 0 Å². The molecular formula is C80H80. The minimum Gasteiger partial charge on any atom is -0.0616 e. The highest BCUT2D eigenvalue weighted by atomic mass is 14.4. The Kier molecular flexibility index (Phi) is 11.2. The molecule has 13 aromatic carbocycles. The maximum absolute atomic E-state index is 2.63. The second kappa shape index (κ2) is 17.1. The van der Waals surface area contributed by atoms with Gasteiger partial charge in [-0.1, -0.05) is 264 Å². The Labute approximate surface area is 475 Å². The normalized spacial score (nSPS) is 13.6. The van der Waals surface area contributed by atoms with Gasteiger partial charge in [0.2, 0.25) is 0 Å². The summed E-state index contributed by atoms with van der Waals surface area (Å²) in [5.41, 5.74) is 15.5. The number of fused-ring (bicyclic) bond motifs is 11. The quantitative estimate of drug-likeness (QED) is 0.155. The molecule has 0 nitrogen and oxygen atoms in total. The van der Waals surface area contributed by atoms with Crippen LogP contribution >= 0.6 is 0 Å². The van der Waals surface area contributed by atoms with Crippen molar-refractivity contribution in [1.29, 1.82) is 0 Å². The number of rotatable bonds is 3. The van der Waals surface area contributed by atoms with Crippen LogP contribution in [0.1, 0.15) is 158 Å². The number of hydrogen-bond donors (Lipinski definition) is 0. The SMILES string of the molecule is CC(C)(C)c1cc(-c2c3cc4c5ccccc5c5cccc(c3c(-c3cc(C(C)(C)C)cc(C(C)(C)C)c3)c3c6cc7ccccc7c7c(-c8cc(C(C)(C)C)cc9ccc(C(C)(C)C)cc89)ccc(c23)c67)c54)cc(C(C)(C)C)c1. The first kappa shape index (κ1) is 52.1. The third kappa shape index (κ3) is 8.04. The van der Waals surface area contributed by atoms with E-state index in [0.717, 1.165) is 0 Å². The Morgan fingerprint density at radius 3 is 1.24 bits per heavy atom. The first-order chi connectivity index (χ1) is 37.5. The van der Waals surface area contributed by atoms with Crippen molar-refractivity contribution in [3.05, 3.63) is 191 Å². The van der Waals surface area contributed by atoms with Crippen molar-refractivity contribution in [2.24, 2.45) is 0 Å². The van der Waals surface area contributed by atoms with Crippen LogP contribution in [0.3, 0.4) is 0 Å². The molecule has 0 aliphatic carbocycles. The summed E-state index contributed by atoms with van der Waals surface area (Å²) in [5, 5.41) is 23.8. The van der Waals surface area contributed by atoms with Gasteiger partial charge in [-0.3, -0.25) is 0 Å². The molecule has 0 saturated carbocycles. The van der Waals surface area contributed by atoms with E-state index in [0.29, 0.717) is 0 Å². The Balaban J connectivity index is 1.36. The fourth-order valence-electron chi connectivity index (χ4n) is 13.6. The standard InChI is InChI=1S/C80H80/c1-75(2,3)49-31-30-46-34-54(80(16,17)18)43-63(62(46)42-49)59-32-33-61-72-65(39-45-24-19-20-25-55(45)70(59)72)74-68(48-37-52(78(10,11)12)41-53(38-48)79(13,14)15)71-60-29-23-28-58-56-26-21-22-27-57(56)64(69(58)60)44-66(71)67(73(61)74)47-35-50(76(4,5)6)40-51(36-47)77(7,8)9/h19-44H,1-18H3. The van der Waals surface area contributed by atoms with Crippen molar-refractivity contribution in [3.63, 3.8) is 0 Å². The molecule has 0 bridgehead atoms. The van der Waals surface area contributed by atoms with E-state index < -0.39 is 0 Å². The highest BCUT2D eigenvalue weighted by molar-refractivity contribution is 6.47. The minimum atomic E-state index is -0.0933. The Morgan fingerprint density at radius 2 is 0.662 bits per heavy atom. The maximum Gasteiger partial charge on any atom is -0.000696 e. The fourth-order valence-corrected chi connectivity index (χ4v) is 13.6. The van der Waals surface area contributed by atoms with E-state index in [1.165, 1.54) is 164 Å². The molecule has 0 radical (unpaired) electrons. The Bertz CT molecular complexity index is 4650. The molecule has 13 aromatic rings. The minimum absolute atomic E-state index is 0.0129. The highest BCUT2D eigenvalue weighted by Gasteiger charge is 2.32. The molecule has 0 aromatic heterocycles. The largest absolute Gasteiger partial charge is 0.0616 e. The average molecular weight is 1040 g/mol. The first-order valence-electron chi connectivity index (χ1n) is 29.6. The second-order valence-corrected chi connectivity index (χ2v) is 30.2. The van der Waals surface area contributed by atoms with Crippen LogP contribution in [0.4, 0.5) is 0 Å². The summed E-state index contributed by atoms with van der Waals surface area (Å²) in [5.74, 6) is 0. The van der Waals surface area contributed by atoms with Gasteiger partial charge in [0.25, 0.3) is 0 Å². The van der Waals surface area contributed by atoms with E-state index in [9.17, 15) is 0 Å². The van der Waals surface area contributed by atoms with Crippen LogP contribution in [0.25, 0.3) is 130 Å². The molecule has 0 aliphatic heterocycles. The van der Waals surface area contributed by atoms with E-state index in [1.807, 2.05) is 0 Å². The average Bonchev–Trinajstić information content (AvgIpc) is 3.26. The van der Waals surface area contributed by atoms with Crippen LogP contribution in [0.5, 0.6) is 0 Å². The van der Waals surface area contributed by atoms with E-state index in [2.05, 4.69) is 282 Å². The van der Waals surface area contributed by atoms with Gasteiger partial charge in [0.15, 0.2) is 0 Å². The van der Waals surface area contributed by atoms with Crippen LogP contribution in [0.15, 0.2) is 158 Å². The molecular weight excluding hydrogens is 961 g/mol. The summed E-state index contributed by atoms with van der Waals surface area (Å²) >= 11 is 0. The van der Waals surface area contributed by atoms with Crippen LogP contribution in [0.2, 0.25) is 0 Å². The molecule has 0 heteroatoms. The first-order valence-corrected chi connectivity index (χ1v) is 29.6. The van der Waals surface area contributed by atoms with Gasteiger partial charge in [0, 0.05) is 0 Å². The van der Waals surface area contributed by atoms with Gasteiger partial charge in [-0.05, 0) is 214 Å². The van der Waals surface area contributed by atoms with E-state index in [-0.39, 0.29) is 32.5 Å². The third-order valence-corrected chi connectivity index (χ3v) is 18.4. The predicted octanol–water partition coefficient (Wildman–Crippen LogP) is 23.7. The summed E-state index contributed by atoms with van der Waals surface area (Å²) < 4.78 is 0. The number of hydrogen-bond acceptors (Lipinski definition) is 0. The third-order valence-electron chi connectivity index (χ3n) is 18.4. The van der Waals surface area contributed by atoms with Crippen molar-refractivity contribution in [1.82, 2.24) is 0 Å². The smallest absolute Gasteiger partial charge is 0.000696 e. The maximum atomic E-state index is 2.63. The molecule has 0 fully saturated rings. The zero-order valence-electron chi connectivity index (χ0n) is 51.0. The summed E-state index contributed by atoms with van der Waals surface area (Å²) in [6, 6.07) is 63.4. The molecule has 0 unspecified atom stereocenters. The van der Waals surface area contributed by atoms with Gasteiger partial charge in [-0.15, -0.1) is 0 Å². The molecule has 0 heterocycles. The number of benzene rings is 11. The van der Waals surface area contributed by atoms with Crippen molar-refractivity contribution in [3.8, 4) is 33.4 Å². The lowest BCUT2D eigenvalue weighted by Crippen LogP contribution is -2.16. The Morgan fingerprint density at radius 1 is 0.200 bits per heavy atom.